The van der Waals surface area contributed by atoms with E-state index in [0.717, 1.165) is 24.6 Å². The number of anilines is 2. The largest absolute Gasteiger partial charge is 0.384 e. The van der Waals surface area contributed by atoms with E-state index < -0.39 is 0 Å². The second-order valence-corrected chi connectivity index (χ2v) is 2.87. The van der Waals surface area contributed by atoms with Crippen LogP contribution in [0.1, 0.15) is 12.7 Å². The molecular formula is C9H16N4O. The Labute approximate surface area is 83.7 Å². The minimum absolute atomic E-state index is 0.497. The van der Waals surface area contributed by atoms with Crippen LogP contribution < -0.4 is 11.1 Å². The molecule has 0 saturated carbocycles. The smallest absolute Gasteiger partial charge is 0.132 e. The molecule has 5 nitrogen and oxygen atoms in total. The van der Waals surface area contributed by atoms with Crippen LogP contribution in [0.2, 0.25) is 0 Å². The van der Waals surface area contributed by atoms with Gasteiger partial charge in [-0.2, -0.15) is 0 Å². The zero-order valence-electron chi connectivity index (χ0n) is 8.58. The van der Waals surface area contributed by atoms with Gasteiger partial charge in [0, 0.05) is 26.1 Å². The van der Waals surface area contributed by atoms with Gasteiger partial charge in [-0.1, -0.05) is 6.92 Å². The summed E-state index contributed by atoms with van der Waals surface area (Å²) in [7, 11) is 1.66. The Morgan fingerprint density at radius 2 is 2.29 bits per heavy atom. The number of ether oxygens (including phenoxy) is 1. The second kappa shape index (κ2) is 5.39. The predicted molar refractivity (Wildman–Crippen MR) is 56.2 cm³/mol. The van der Waals surface area contributed by atoms with Crippen molar-refractivity contribution in [2.75, 3.05) is 31.3 Å². The number of hydrogen-bond donors (Lipinski definition) is 2. The molecule has 3 N–H and O–H groups in total. The summed E-state index contributed by atoms with van der Waals surface area (Å²) in [4.78, 5) is 8.34. The average Bonchev–Trinajstić information content (AvgIpc) is 2.17. The molecule has 1 aromatic heterocycles. The molecule has 0 bridgehead atoms. The zero-order valence-corrected chi connectivity index (χ0v) is 8.58. The molecule has 14 heavy (non-hydrogen) atoms. The van der Waals surface area contributed by atoms with Crippen LogP contribution in [0.15, 0.2) is 6.07 Å². The summed E-state index contributed by atoms with van der Waals surface area (Å²) >= 11 is 0. The first-order chi connectivity index (χ1) is 6.76. The van der Waals surface area contributed by atoms with Crippen molar-refractivity contribution >= 4 is 11.6 Å². The van der Waals surface area contributed by atoms with E-state index in [1.807, 2.05) is 6.92 Å². The monoisotopic (exact) mass is 196 g/mol. The molecule has 5 heteroatoms. The van der Waals surface area contributed by atoms with E-state index in [4.69, 9.17) is 10.5 Å². The first kappa shape index (κ1) is 10.7. The van der Waals surface area contributed by atoms with Crippen LogP contribution in [-0.4, -0.2) is 30.2 Å². The zero-order chi connectivity index (χ0) is 10.4. The van der Waals surface area contributed by atoms with Crippen LogP contribution in [0.3, 0.4) is 0 Å². The lowest BCUT2D eigenvalue weighted by molar-refractivity contribution is 0.210. The average molecular weight is 196 g/mol. The van der Waals surface area contributed by atoms with E-state index in [9.17, 15) is 0 Å². The highest BCUT2D eigenvalue weighted by molar-refractivity contribution is 5.44. The van der Waals surface area contributed by atoms with Crippen LogP contribution in [0.5, 0.6) is 0 Å². The molecule has 0 aliphatic carbocycles. The predicted octanol–water partition coefficient (Wildman–Crippen LogP) is 0.679. The molecule has 0 saturated heterocycles. The van der Waals surface area contributed by atoms with Crippen molar-refractivity contribution in [3.8, 4) is 0 Å². The highest BCUT2D eigenvalue weighted by Crippen LogP contribution is 2.07. The van der Waals surface area contributed by atoms with Gasteiger partial charge in [-0.25, -0.2) is 9.97 Å². The van der Waals surface area contributed by atoms with E-state index in [0.29, 0.717) is 12.4 Å². The number of aromatic nitrogens is 2. The van der Waals surface area contributed by atoms with Crippen LogP contribution in [0, 0.1) is 0 Å². The van der Waals surface area contributed by atoms with Crippen molar-refractivity contribution in [1.82, 2.24) is 9.97 Å². The first-order valence-corrected chi connectivity index (χ1v) is 4.62. The van der Waals surface area contributed by atoms with Crippen molar-refractivity contribution in [1.29, 1.82) is 0 Å². The van der Waals surface area contributed by atoms with Gasteiger partial charge >= 0.3 is 0 Å². The molecule has 0 fully saturated rings. The molecule has 0 spiro atoms. The normalized spacial score (nSPS) is 10.1. The third-order valence-corrected chi connectivity index (χ3v) is 1.72. The maximum atomic E-state index is 5.62. The Hall–Kier alpha value is -1.36. The maximum Gasteiger partial charge on any atom is 0.132 e. The maximum absolute atomic E-state index is 5.62. The molecule has 0 aromatic carbocycles. The Balaban J connectivity index is 2.62. The molecule has 0 amide bonds. The molecule has 0 unspecified atom stereocenters. The SMILES string of the molecule is CCc1nc(N)cc(NCCOC)n1. The van der Waals surface area contributed by atoms with Gasteiger partial charge in [0.05, 0.1) is 6.61 Å². The lowest BCUT2D eigenvalue weighted by Crippen LogP contribution is -2.10. The van der Waals surface area contributed by atoms with E-state index in [1.54, 1.807) is 13.2 Å². The molecule has 1 rings (SSSR count). The van der Waals surface area contributed by atoms with Crippen molar-refractivity contribution in [2.24, 2.45) is 0 Å². The van der Waals surface area contributed by atoms with E-state index >= 15 is 0 Å². The van der Waals surface area contributed by atoms with Gasteiger partial charge in [0.1, 0.15) is 17.5 Å². The van der Waals surface area contributed by atoms with E-state index in [1.165, 1.54) is 0 Å². The third kappa shape index (κ3) is 3.18. The van der Waals surface area contributed by atoms with Crippen LogP contribution in [-0.2, 0) is 11.2 Å². The molecule has 1 aromatic rings. The minimum atomic E-state index is 0.497. The summed E-state index contributed by atoms with van der Waals surface area (Å²) < 4.78 is 4.91. The van der Waals surface area contributed by atoms with E-state index in [-0.39, 0.29) is 0 Å². The summed E-state index contributed by atoms with van der Waals surface area (Å²) in [5.41, 5.74) is 5.62. The number of methoxy groups -OCH3 is 1. The number of aryl methyl sites for hydroxylation is 1. The van der Waals surface area contributed by atoms with Gasteiger partial charge in [-0.05, 0) is 0 Å². The standard InChI is InChI=1S/C9H16N4O/c1-3-8-12-7(10)6-9(13-8)11-4-5-14-2/h6H,3-5H2,1-2H3,(H3,10,11,12,13). The number of nitrogens with two attached hydrogens (primary N) is 1. The summed E-state index contributed by atoms with van der Waals surface area (Å²) in [6.45, 7) is 3.36. The fraction of sp³-hybridized carbons (Fsp3) is 0.556. The molecule has 0 aliphatic rings. The van der Waals surface area contributed by atoms with Crippen molar-refractivity contribution in [3.05, 3.63) is 11.9 Å². The molecule has 78 valence electrons. The highest BCUT2D eigenvalue weighted by Gasteiger charge is 1.99. The molecule has 0 atom stereocenters. The third-order valence-electron chi connectivity index (χ3n) is 1.72. The lowest BCUT2D eigenvalue weighted by Gasteiger charge is -2.06. The summed E-state index contributed by atoms with van der Waals surface area (Å²) in [6, 6.07) is 1.72. The quantitative estimate of drug-likeness (QED) is 0.677. The van der Waals surface area contributed by atoms with Gasteiger partial charge in [0.2, 0.25) is 0 Å². The van der Waals surface area contributed by atoms with Crippen LogP contribution in [0.4, 0.5) is 11.6 Å². The van der Waals surface area contributed by atoms with Gasteiger partial charge in [-0.15, -0.1) is 0 Å². The number of rotatable bonds is 5. The molecule has 0 aliphatic heterocycles. The second-order valence-electron chi connectivity index (χ2n) is 2.87. The Morgan fingerprint density at radius 3 is 2.93 bits per heavy atom. The van der Waals surface area contributed by atoms with Crippen molar-refractivity contribution in [2.45, 2.75) is 13.3 Å². The number of hydrogen-bond acceptors (Lipinski definition) is 5. The first-order valence-electron chi connectivity index (χ1n) is 4.62. The minimum Gasteiger partial charge on any atom is -0.384 e. The summed E-state index contributed by atoms with van der Waals surface area (Å²) in [5.74, 6) is 2.01. The molecular weight excluding hydrogens is 180 g/mol. The molecule has 1 heterocycles. The topological polar surface area (TPSA) is 73.1 Å². The van der Waals surface area contributed by atoms with Crippen LogP contribution >= 0.6 is 0 Å². The van der Waals surface area contributed by atoms with Crippen molar-refractivity contribution < 1.29 is 4.74 Å². The Bertz CT molecular complexity index is 290. The lowest BCUT2D eigenvalue weighted by atomic mass is 10.4. The van der Waals surface area contributed by atoms with Gasteiger partial charge in [-0.3, -0.25) is 0 Å². The van der Waals surface area contributed by atoms with E-state index in [2.05, 4.69) is 15.3 Å². The van der Waals surface area contributed by atoms with Gasteiger partial charge < -0.3 is 15.8 Å². The van der Waals surface area contributed by atoms with Crippen LogP contribution in [0.25, 0.3) is 0 Å². The number of nitrogens with zero attached hydrogens (tertiary/aromatic N) is 2. The number of nitrogen functional groups attached to an aromatic ring is 1. The van der Waals surface area contributed by atoms with Gasteiger partial charge in [0.25, 0.3) is 0 Å². The summed E-state index contributed by atoms with van der Waals surface area (Å²) in [6.07, 6.45) is 0.782. The Kier molecular flexibility index (Phi) is 4.12. The summed E-state index contributed by atoms with van der Waals surface area (Å²) in [5, 5.41) is 3.10. The van der Waals surface area contributed by atoms with Gasteiger partial charge in [0.15, 0.2) is 0 Å². The molecule has 0 radical (unpaired) electrons. The fourth-order valence-electron chi connectivity index (χ4n) is 1.05. The number of nitrogens with one attached hydrogen (secondary N) is 1. The van der Waals surface area contributed by atoms with Crippen molar-refractivity contribution in [3.63, 3.8) is 0 Å². The Morgan fingerprint density at radius 1 is 1.50 bits per heavy atom. The fourth-order valence-corrected chi connectivity index (χ4v) is 1.05. The highest BCUT2D eigenvalue weighted by atomic mass is 16.5.